The first kappa shape index (κ1) is 18.5. The zero-order valence-corrected chi connectivity index (χ0v) is 12.7. The van der Waals surface area contributed by atoms with Gasteiger partial charge in [-0.1, -0.05) is 0 Å². The molecule has 0 radical (unpaired) electrons. The summed E-state index contributed by atoms with van der Waals surface area (Å²) in [5, 5.41) is 4.76. The van der Waals surface area contributed by atoms with Crippen LogP contribution in [0, 0.1) is 11.6 Å². The van der Waals surface area contributed by atoms with Crippen molar-refractivity contribution in [2.24, 2.45) is 0 Å². The van der Waals surface area contributed by atoms with Gasteiger partial charge in [-0.3, -0.25) is 0 Å². The lowest BCUT2D eigenvalue weighted by Gasteiger charge is -2.10. The van der Waals surface area contributed by atoms with Gasteiger partial charge in [0.2, 0.25) is 0 Å². The molecule has 0 unspecified atom stereocenters. The molecule has 0 atom stereocenters. The summed E-state index contributed by atoms with van der Waals surface area (Å²) in [6.07, 6.45) is -4.45. The molecular formula is C16H13F5N2O2. The summed E-state index contributed by atoms with van der Waals surface area (Å²) in [5.74, 6) is -1.95. The fourth-order valence-electron chi connectivity index (χ4n) is 1.82. The average Bonchev–Trinajstić information content (AvgIpc) is 2.54. The van der Waals surface area contributed by atoms with Crippen LogP contribution in [0.1, 0.15) is 5.56 Å². The molecule has 0 aliphatic heterocycles. The summed E-state index contributed by atoms with van der Waals surface area (Å²) in [6, 6.07) is 6.33. The first-order valence-corrected chi connectivity index (χ1v) is 7.05. The molecule has 0 fully saturated rings. The average molecular weight is 360 g/mol. The van der Waals surface area contributed by atoms with Crippen LogP contribution in [0.2, 0.25) is 0 Å². The molecule has 0 bridgehead atoms. The molecule has 0 aromatic heterocycles. The molecule has 0 saturated carbocycles. The molecular weight excluding hydrogens is 347 g/mol. The normalized spacial score (nSPS) is 11.1. The van der Waals surface area contributed by atoms with Crippen LogP contribution in [0.25, 0.3) is 0 Å². The number of urea groups is 1. The summed E-state index contributed by atoms with van der Waals surface area (Å²) in [5.41, 5.74) is -0.634. The number of benzene rings is 2. The maximum atomic E-state index is 13.0. The summed E-state index contributed by atoms with van der Waals surface area (Å²) in [6.45, 7) is 0.0387. The van der Waals surface area contributed by atoms with E-state index in [1.807, 2.05) is 0 Å². The minimum atomic E-state index is -4.45. The van der Waals surface area contributed by atoms with E-state index < -0.39 is 29.4 Å². The lowest BCUT2D eigenvalue weighted by Crippen LogP contribution is -2.32. The van der Waals surface area contributed by atoms with Crippen molar-refractivity contribution in [1.82, 2.24) is 5.32 Å². The van der Waals surface area contributed by atoms with E-state index in [9.17, 15) is 26.7 Å². The highest BCUT2D eigenvalue weighted by atomic mass is 19.4. The molecule has 0 saturated heterocycles. The smallest absolute Gasteiger partial charge is 0.416 e. The Morgan fingerprint density at radius 1 is 1.00 bits per heavy atom. The van der Waals surface area contributed by atoms with Gasteiger partial charge in [-0.15, -0.1) is 0 Å². The van der Waals surface area contributed by atoms with E-state index in [2.05, 4.69) is 10.6 Å². The molecule has 25 heavy (non-hydrogen) atoms. The number of nitrogens with one attached hydrogen (secondary N) is 2. The van der Waals surface area contributed by atoms with Crippen molar-refractivity contribution in [1.29, 1.82) is 0 Å². The fourth-order valence-corrected chi connectivity index (χ4v) is 1.82. The number of amides is 2. The van der Waals surface area contributed by atoms with Crippen LogP contribution < -0.4 is 15.4 Å². The second kappa shape index (κ2) is 7.82. The van der Waals surface area contributed by atoms with Crippen LogP contribution in [-0.4, -0.2) is 19.2 Å². The SMILES string of the molecule is O=C(NCCOc1ccc(F)c(F)c1)Nc1ccc(C(F)(F)F)cc1. The third-order valence-electron chi connectivity index (χ3n) is 3.02. The van der Waals surface area contributed by atoms with E-state index >= 15 is 0 Å². The van der Waals surface area contributed by atoms with Crippen LogP contribution in [-0.2, 0) is 6.18 Å². The number of ether oxygens (including phenoxy) is 1. The van der Waals surface area contributed by atoms with E-state index in [4.69, 9.17) is 4.74 Å². The number of hydrogen-bond acceptors (Lipinski definition) is 2. The quantitative estimate of drug-likeness (QED) is 0.621. The number of alkyl halides is 3. The van der Waals surface area contributed by atoms with E-state index in [0.717, 1.165) is 36.4 Å². The molecule has 0 aliphatic rings. The van der Waals surface area contributed by atoms with Crippen molar-refractivity contribution < 1.29 is 31.5 Å². The highest BCUT2D eigenvalue weighted by Gasteiger charge is 2.29. The molecule has 0 spiro atoms. The van der Waals surface area contributed by atoms with Gasteiger partial charge in [0.1, 0.15) is 12.4 Å². The topological polar surface area (TPSA) is 50.4 Å². The van der Waals surface area contributed by atoms with Crippen molar-refractivity contribution in [2.45, 2.75) is 6.18 Å². The van der Waals surface area contributed by atoms with Crippen molar-refractivity contribution in [2.75, 3.05) is 18.5 Å². The summed E-state index contributed by atoms with van der Waals surface area (Å²) in [4.78, 5) is 11.6. The maximum absolute atomic E-state index is 13.0. The van der Waals surface area contributed by atoms with Gasteiger partial charge >= 0.3 is 12.2 Å². The van der Waals surface area contributed by atoms with Gasteiger partial charge in [-0.2, -0.15) is 13.2 Å². The highest BCUT2D eigenvalue weighted by molar-refractivity contribution is 5.89. The number of halogens is 5. The largest absolute Gasteiger partial charge is 0.492 e. The second-order valence-corrected chi connectivity index (χ2v) is 4.88. The minimum absolute atomic E-state index is 0.00843. The number of carbonyl (C=O) groups excluding carboxylic acids is 1. The van der Waals surface area contributed by atoms with Gasteiger partial charge in [0.05, 0.1) is 12.1 Å². The third kappa shape index (κ3) is 5.63. The first-order chi connectivity index (χ1) is 11.8. The van der Waals surface area contributed by atoms with Crippen molar-refractivity contribution >= 4 is 11.7 Å². The first-order valence-electron chi connectivity index (χ1n) is 7.05. The van der Waals surface area contributed by atoms with E-state index in [-0.39, 0.29) is 24.6 Å². The zero-order chi connectivity index (χ0) is 18.4. The lowest BCUT2D eigenvalue weighted by molar-refractivity contribution is -0.137. The summed E-state index contributed by atoms with van der Waals surface area (Å²) < 4.78 is 68.1. The fraction of sp³-hybridized carbons (Fsp3) is 0.188. The molecule has 2 rings (SSSR count). The van der Waals surface area contributed by atoms with E-state index in [1.54, 1.807) is 0 Å². The van der Waals surface area contributed by atoms with Crippen molar-refractivity contribution in [3.63, 3.8) is 0 Å². The number of anilines is 1. The monoisotopic (exact) mass is 360 g/mol. The molecule has 2 amide bonds. The summed E-state index contributed by atoms with van der Waals surface area (Å²) >= 11 is 0. The Bertz CT molecular complexity index is 732. The Balaban J connectivity index is 1.74. The predicted molar refractivity (Wildman–Crippen MR) is 80.3 cm³/mol. The number of hydrogen-bond donors (Lipinski definition) is 2. The molecule has 2 aromatic carbocycles. The molecule has 0 aliphatic carbocycles. The van der Waals surface area contributed by atoms with E-state index in [0.29, 0.717) is 0 Å². The van der Waals surface area contributed by atoms with Gasteiger partial charge in [0.25, 0.3) is 0 Å². The molecule has 134 valence electrons. The van der Waals surface area contributed by atoms with Gasteiger partial charge in [-0.25, -0.2) is 13.6 Å². The Hall–Kier alpha value is -2.84. The second-order valence-electron chi connectivity index (χ2n) is 4.88. The Labute approximate surface area is 139 Å². The molecule has 2 N–H and O–H groups in total. The standard InChI is InChI=1S/C16H13F5N2O2/c17-13-6-5-12(9-14(13)18)25-8-7-22-15(24)23-11-3-1-10(2-4-11)16(19,20)21/h1-6,9H,7-8H2,(H2,22,23,24). The highest BCUT2D eigenvalue weighted by Crippen LogP contribution is 2.29. The van der Waals surface area contributed by atoms with Crippen molar-refractivity contribution in [3.8, 4) is 5.75 Å². The van der Waals surface area contributed by atoms with Crippen LogP contribution in [0.3, 0.4) is 0 Å². The summed E-state index contributed by atoms with van der Waals surface area (Å²) in [7, 11) is 0. The van der Waals surface area contributed by atoms with Crippen molar-refractivity contribution in [3.05, 3.63) is 59.7 Å². The zero-order valence-electron chi connectivity index (χ0n) is 12.7. The van der Waals surface area contributed by atoms with E-state index in [1.165, 1.54) is 6.07 Å². The molecule has 9 heteroatoms. The third-order valence-corrected chi connectivity index (χ3v) is 3.02. The van der Waals surface area contributed by atoms with Crippen LogP contribution in [0.5, 0.6) is 5.75 Å². The molecule has 4 nitrogen and oxygen atoms in total. The van der Waals surface area contributed by atoms with Crippen LogP contribution in [0.4, 0.5) is 32.4 Å². The number of carbonyl (C=O) groups is 1. The van der Waals surface area contributed by atoms with Gasteiger partial charge < -0.3 is 15.4 Å². The Morgan fingerprint density at radius 3 is 2.28 bits per heavy atom. The van der Waals surface area contributed by atoms with Gasteiger partial charge in [-0.05, 0) is 36.4 Å². The lowest BCUT2D eigenvalue weighted by atomic mass is 10.2. The Morgan fingerprint density at radius 2 is 1.68 bits per heavy atom. The van der Waals surface area contributed by atoms with Gasteiger partial charge in [0.15, 0.2) is 11.6 Å². The Kier molecular flexibility index (Phi) is 5.79. The number of rotatable bonds is 5. The molecule has 2 aromatic rings. The minimum Gasteiger partial charge on any atom is -0.492 e. The maximum Gasteiger partial charge on any atom is 0.416 e. The molecule has 0 heterocycles. The van der Waals surface area contributed by atoms with Gasteiger partial charge in [0, 0.05) is 11.8 Å². The van der Waals surface area contributed by atoms with Crippen LogP contribution >= 0.6 is 0 Å². The van der Waals surface area contributed by atoms with Crippen LogP contribution in [0.15, 0.2) is 42.5 Å². The predicted octanol–water partition coefficient (Wildman–Crippen LogP) is 4.18.